The fraction of sp³-hybridized carbons (Fsp3) is 0.391. The molecule has 2 unspecified atom stereocenters. The van der Waals surface area contributed by atoms with Crippen molar-refractivity contribution in [3.8, 4) is 17.1 Å². The SMILES string of the molecule is CC(C)(O)C(O)c1cnc2c(cnn2-c2cccc(-c3nncn3C3CCCCO3)c2)c1. The lowest BCUT2D eigenvalue weighted by Gasteiger charge is -2.24. The van der Waals surface area contributed by atoms with Gasteiger partial charge in [-0.3, -0.25) is 4.57 Å². The highest BCUT2D eigenvalue weighted by molar-refractivity contribution is 5.77. The van der Waals surface area contributed by atoms with Gasteiger partial charge in [0.2, 0.25) is 0 Å². The minimum absolute atomic E-state index is 0.0507. The third kappa shape index (κ3) is 3.79. The second kappa shape index (κ2) is 8.09. The molecule has 2 N–H and O–H groups in total. The fourth-order valence-corrected chi connectivity index (χ4v) is 4.06. The molecule has 166 valence electrons. The van der Waals surface area contributed by atoms with Crippen molar-refractivity contribution in [2.24, 2.45) is 0 Å². The zero-order valence-electron chi connectivity index (χ0n) is 18.1. The molecule has 0 bridgehead atoms. The van der Waals surface area contributed by atoms with Gasteiger partial charge >= 0.3 is 0 Å². The van der Waals surface area contributed by atoms with Gasteiger partial charge in [0.1, 0.15) is 18.7 Å². The lowest BCUT2D eigenvalue weighted by molar-refractivity contribution is -0.0497. The van der Waals surface area contributed by atoms with Crippen molar-refractivity contribution in [1.82, 2.24) is 29.5 Å². The number of ether oxygens (including phenoxy) is 1. The van der Waals surface area contributed by atoms with Crippen molar-refractivity contribution < 1.29 is 14.9 Å². The van der Waals surface area contributed by atoms with E-state index in [1.54, 1.807) is 43.3 Å². The quantitative estimate of drug-likeness (QED) is 0.496. The van der Waals surface area contributed by atoms with Gasteiger partial charge < -0.3 is 14.9 Å². The van der Waals surface area contributed by atoms with Crippen LogP contribution in [0, 0.1) is 0 Å². The molecule has 5 rings (SSSR count). The van der Waals surface area contributed by atoms with Gasteiger partial charge in [-0.2, -0.15) is 5.10 Å². The van der Waals surface area contributed by atoms with Gasteiger partial charge in [-0.1, -0.05) is 12.1 Å². The summed E-state index contributed by atoms with van der Waals surface area (Å²) in [5, 5.41) is 34.2. The molecule has 1 saturated heterocycles. The Labute approximate surface area is 185 Å². The molecule has 0 aliphatic carbocycles. The van der Waals surface area contributed by atoms with Crippen molar-refractivity contribution in [2.45, 2.75) is 51.0 Å². The molecule has 1 aliphatic rings. The average Bonchev–Trinajstić information content (AvgIpc) is 3.45. The molecule has 1 aromatic carbocycles. The number of aromatic nitrogens is 6. The van der Waals surface area contributed by atoms with Crippen molar-refractivity contribution in [2.75, 3.05) is 6.61 Å². The van der Waals surface area contributed by atoms with Crippen LogP contribution in [0.2, 0.25) is 0 Å². The van der Waals surface area contributed by atoms with E-state index in [9.17, 15) is 10.2 Å². The number of fused-ring (bicyclic) bond motifs is 1. The summed E-state index contributed by atoms with van der Waals surface area (Å²) in [6, 6.07) is 9.69. The molecule has 0 radical (unpaired) electrons. The average molecular weight is 435 g/mol. The highest BCUT2D eigenvalue weighted by atomic mass is 16.5. The maximum absolute atomic E-state index is 10.4. The van der Waals surface area contributed by atoms with E-state index in [0.29, 0.717) is 11.2 Å². The van der Waals surface area contributed by atoms with Crippen LogP contribution in [-0.4, -0.2) is 51.9 Å². The molecule has 1 aliphatic heterocycles. The van der Waals surface area contributed by atoms with Crippen LogP contribution in [0.25, 0.3) is 28.1 Å². The standard InChI is InChI=1S/C23H26N6O3/c1-23(2,31)20(30)16-10-17-13-26-29(21(17)24-12-16)18-7-5-6-15(11-18)22-27-25-14-28(22)19-8-3-4-9-32-19/h5-7,10-14,19-20,30-31H,3-4,8-9H2,1-2H3. The Morgan fingerprint density at radius 1 is 1.19 bits per heavy atom. The molecular weight excluding hydrogens is 408 g/mol. The molecule has 32 heavy (non-hydrogen) atoms. The van der Waals surface area contributed by atoms with Crippen LogP contribution < -0.4 is 0 Å². The zero-order chi connectivity index (χ0) is 22.3. The van der Waals surface area contributed by atoms with Crippen LogP contribution in [0.1, 0.15) is 51.0 Å². The maximum Gasteiger partial charge on any atom is 0.165 e. The summed E-state index contributed by atoms with van der Waals surface area (Å²) in [6.45, 7) is 3.87. The minimum Gasteiger partial charge on any atom is -0.387 e. The van der Waals surface area contributed by atoms with Gasteiger partial charge in [0.05, 0.1) is 17.5 Å². The van der Waals surface area contributed by atoms with Gasteiger partial charge in [0.15, 0.2) is 11.5 Å². The number of hydrogen-bond acceptors (Lipinski definition) is 7. The molecular formula is C23H26N6O3. The van der Waals surface area contributed by atoms with Gasteiger partial charge in [0.25, 0.3) is 0 Å². The molecule has 9 nitrogen and oxygen atoms in total. The summed E-state index contributed by atoms with van der Waals surface area (Å²) < 4.78 is 9.65. The normalized spacial score (nSPS) is 18.2. The third-order valence-electron chi connectivity index (χ3n) is 5.80. The highest BCUT2D eigenvalue weighted by Crippen LogP contribution is 2.30. The lowest BCUT2D eigenvalue weighted by atomic mass is 9.96. The van der Waals surface area contributed by atoms with E-state index in [1.807, 2.05) is 28.8 Å². The monoisotopic (exact) mass is 434 g/mol. The Bertz CT molecular complexity index is 1240. The Morgan fingerprint density at radius 3 is 2.84 bits per heavy atom. The van der Waals surface area contributed by atoms with Gasteiger partial charge in [-0.25, -0.2) is 9.67 Å². The molecule has 0 amide bonds. The Balaban J connectivity index is 1.50. The molecule has 4 heterocycles. The van der Waals surface area contributed by atoms with E-state index in [0.717, 1.165) is 48.3 Å². The van der Waals surface area contributed by atoms with Crippen LogP contribution in [-0.2, 0) is 4.74 Å². The predicted octanol–water partition coefficient (Wildman–Crippen LogP) is 3.18. The van der Waals surface area contributed by atoms with Crippen molar-refractivity contribution in [3.63, 3.8) is 0 Å². The first-order valence-corrected chi connectivity index (χ1v) is 10.8. The van der Waals surface area contributed by atoms with E-state index in [4.69, 9.17) is 4.74 Å². The number of pyridine rings is 1. The summed E-state index contributed by atoms with van der Waals surface area (Å²) in [5.74, 6) is 0.749. The Kier molecular flexibility index (Phi) is 5.24. The largest absolute Gasteiger partial charge is 0.387 e. The lowest BCUT2D eigenvalue weighted by Crippen LogP contribution is -2.28. The Hall–Kier alpha value is -3.14. The fourth-order valence-electron chi connectivity index (χ4n) is 4.06. The first-order chi connectivity index (χ1) is 15.4. The van der Waals surface area contributed by atoms with Crippen LogP contribution in [0.5, 0.6) is 0 Å². The second-order valence-electron chi connectivity index (χ2n) is 8.73. The number of aliphatic hydroxyl groups excluding tert-OH is 1. The molecule has 3 aromatic heterocycles. The van der Waals surface area contributed by atoms with Crippen LogP contribution >= 0.6 is 0 Å². The molecule has 4 aromatic rings. The molecule has 1 fully saturated rings. The molecule has 9 heteroatoms. The molecule has 0 saturated carbocycles. The van der Waals surface area contributed by atoms with E-state index < -0.39 is 11.7 Å². The first-order valence-electron chi connectivity index (χ1n) is 10.8. The van der Waals surface area contributed by atoms with Crippen LogP contribution in [0.15, 0.2) is 49.1 Å². The van der Waals surface area contributed by atoms with Crippen molar-refractivity contribution >= 4 is 11.0 Å². The number of nitrogens with zero attached hydrogens (tertiary/aromatic N) is 6. The first kappa shape index (κ1) is 20.7. The number of hydrogen-bond donors (Lipinski definition) is 2. The number of benzene rings is 1. The minimum atomic E-state index is -1.27. The Morgan fingerprint density at radius 2 is 2.06 bits per heavy atom. The zero-order valence-corrected chi connectivity index (χ0v) is 18.1. The maximum atomic E-state index is 10.4. The summed E-state index contributed by atoms with van der Waals surface area (Å²) in [6.07, 6.45) is 7.05. The summed E-state index contributed by atoms with van der Waals surface area (Å²) >= 11 is 0. The summed E-state index contributed by atoms with van der Waals surface area (Å²) in [7, 11) is 0. The number of aliphatic hydroxyl groups is 2. The van der Waals surface area contributed by atoms with Gasteiger partial charge in [-0.05, 0) is 51.3 Å². The highest BCUT2D eigenvalue weighted by Gasteiger charge is 2.27. The summed E-state index contributed by atoms with van der Waals surface area (Å²) in [4.78, 5) is 4.51. The molecule has 0 spiro atoms. The molecule has 2 atom stereocenters. The van der Waals surface area contributed by atoms with Crippen LogP contribution in [0.4, 0.5) is 0 Å². The number of rotatable bonds is 5. The van der Waals surface area contributed by atoms with E-state index in [2.05, 4.69) is 20.3 Å². The van der Waals surface area contributed by atoms with Crippen LogP contribution in [0.3, 0.4) is 0 Å². The van der Waals surface area contributed by atoms with Gasteiger partial charge in [0, 0.05) is 29.3 Å². The van der Waals surface area contributed by atoms with Crippen molar-refractivity contribution in [1.29, 1.82) is 0 Å². The predicted molar refractivity (Wildman–Crippen MR) is 118 cm³/mol. The smallest absolute Gasteiger partial charge is 0.165 e. The second-order valence-corrected chi connectivity index (χ2v) is 8.73. The van der Waals surface area contributed by atoms with E-state index in [-0.39, 0.29) is 6.23 Å². The van der Waals surface area contributed by atoms with Crippen molar-refractivity contribution in [3.05, 3.63) is 54.6 Å². The van der Waals surface area contributed by atoms with Gasteiger partial charge in [-0.15, -0.1) is 10.2 Å². The summed E-state index contributed by atoms with van der Waals surface area (Å²) in [5.41, 5.74) is 1.68. The van der Waals surface area contributed by atoms with E-state index >= 15 is 0 Å². The third-order valence-corrected chi connectivity index (χ3v) is 5.80. The van der Waals surface area contributed by atoms with E-state index in [1.165, 1.54) is 0 Å². The topological polar surface area (TPSA) is 111 Å².